The molecule has 0 aliphatic carbocycles. The first-order valence-corrected chi connectivity index (χ1v) is 7.17. The molecule has 0 aliphatic rings. The van der Waals surface area contributed by atoms with Crippen LogP contribution in [0.3, 0.4) is 0 Å². The molecular formula is C12H14BrN3S. The van der Waals surface area contributed by atoms with Crippen molar-refractivity contribution in [3.63, 3.8) is 0 Å². The number of halogens is 1. The highest BCUT2D eigenvalue weighted by atomic mass is 79.9. The highest BCUT2D eigenvalue weighted by Crippen LogP contribution is 2.20. The van der Waals surface area contributed by atoms with Gasteiger partial charge in [0.15, 0.2) is 0 Å². The SMILES string of the molecule is CCSc1cc(N)n(Cc2ccc(Br)cc2)n1. The van der Waals surface area contributed by atoms with Gasteiger partial charge < -0.3 is 5.73 Å². The van der Waals surface area contributed by atoms with Crippen molar-refractivity contribution in [2.24, 2.45) is 0 Å². The van der Waals surface area contributed by atoms with Crippen LogP contribution in [-0.2, 0) is 6.54 Å². The summed E-state index contributed by atoms with van der Waals surface area (Å²) in [5.74, 6) is 1.72. The van der Waals surface area contributed by atoms with E-state index in [1.807, 2.05) is 22.9 Å². The Hall–Kier alpha value is -0.940. The molecule has 0 amide bonds. The fraction of sp³-hybridized carbons (Fsp3) is 0.250. The molecule has 0 saturated carbocycles. The number of nitrogens with two attached hydrogens (primary N) is 1. The summed E-state index contributed by atoms with van der Waals surface area (Å²) in [6.07, 6.45) is 0. The second kappa shape index (κ2) is 5.60. The molecule has 1 aromatic heterocycles. The van der Waals surface area contributed by atoms with Crippen molar-refractivity contribution in [1.29, 1.82) is 0 Å². The lowest BCUT2D eigenvalue weighted by atomic mass is 10.2. The Morgan fingerprint density at radius 3 is 2.71 bits per heavy atom. The highest BCUT2D eigenvalue weighted by Gasteiger charge is 2.05. The number of thioether (sulfide) groups is 1. The molecular weight excluding hydrogens is 298 g/mol. The molecule has 0 bridgehead atoms. The smallest absolute Gasteiger partial charge is 0.123 e. The number of hydrogen-bond acceptors (Lipinski definition) is 3. The van der Waals surface area contributed by atoms with Crippen molar-refractivity contribution < 1.29 is 0 Å². The summed E-state index contributed by atoms with van der Waals surface area (Å²) >= 11 is 5.12. The zero-order chi connectivity index (χ0) is 12.3. The highest BCUT2D eigenvalue weighted by molar-refractivity contribution is 9.10. The van der Waals surface area contributed by atoms with E-state index < -0.39 is 0 Å². The number of benzene rings is 1. The van der Waals surface area contributed by atoms with Gasteiger partial charge in [-0.05, 0) is 23.4 Å². The zero-order valence-electron chi connectivity index (χ0n) is 9.56. The van der Waals surface area contributed by atoms with E-state index in [1.54, 1.807) is 11.8 Å². The lowest BCUT2D eigenvalue weighted by Crippen LogP contribution is -2.05. The van der Waals surface area contributed by atoms with Crippen molar-refractivity contribution in [3.8, 4) is 0 Å². The van der Waals surface area contributed by atoms with Crippen LogP contribution in [0.5, 0.6) is 0 Å². The molecule has 2 rings (SSSR count). The monoisotopic (exact) mass is 311 g/mol. The van der Waals surface area contributed by atoms with E-state index in [0.29, 0.717) is 12.4 Å². The van der Waals surface area contributed by atoms with Gasteiger partial charge in [0.2, 0.25) is 0 Å². The van der Waals surface area contributed by atoms with Crippen LogP contribution in [0.15, 0.2) is 39.8 Å². The Kier molecular flexibility index (Phi) is 4.12. The molecule has 0 saturated heterocycles. The maximum Gasteiger partial charge on any atom is 0.123 e. The third-order valence-corrected chi connectivity index (χ3v) is 3.64. The molecule has 1 heterocycles. The van der Waals surface area contributed by atoms with E-state index in [0.717, 1.165) is 15.3 Å². The summed E-state index contributed by atoms with van der Waals surface area (Å²) in [6.45, 7) is 2.82. The molecule has 0 radical (unpaired) electrons. The Morgan fingerprint density at radius 2 is 2.06 bits per heavy atom. The predicted molar refractivity (Wildman–Crippen MR) is 76.3 cm³/mol. The minimum Gasteiger partial charge on any atom is -0.384 e. The van der Waals surface area contributed by atoms with Gasteiger partial charge in [-0.25, -0.2) is 4.68 Å². The fourth-order valence-electron chi connectivity index (χ4n) is 1.51. The van der Waals surface area contributed by atoms with Gasteiger partial charge in [-0.1, -0.05) is 35.0 Å². The second-order valence-electron chi connectivity index (χ2n) is 3.62. The van der Waals surface area contributed by atoms with Gasteiger partial charge in [0.25, 0.3) is 0 Å². The van der Waals surface area contributed by atoms with Crippen molar-refractivity contribution >= 4 is 33.5 Å². The van der Waals surface area contributed by atoms with Crippen LogP contribution in [0, 0.1) is 0 Å². The molecule has 0 spiro atoms. The molecule has 17 heavy (non-hydrogen) atoms. The largest absolute Gasteiger partial charge is 0.384 e. The minimum absolute atomic E-state index is 0.712. The normalized spacial score (nSPS) is 10.7. The topological polar surface area (TPSA) is 43.8 Å². The van der Waals surface area contributed by atoms with Crippen molar-refractivity contribution in [2.75, 3.05) is 11.5 Å². The van der Waals surface area contributed by atoms with Gasteiger partial charge in [0, 0.05) is 10.5 Å². The standard InChI is InChI=1S/C12H14BrN3S/c1-2-17-12-7-11(14)16(15-12)8-9-3-5-10(13)6-4-9/h3-7H,2,8,14H2,1H3. The third kappa shape index (κ3) is 3.26. The summed E-state index contributed by atoms with van der Waals surface area (Å²) in [4.78, 5) is 0. The first-order chi connectivity index (χ1) is 8.19. The number of anilines is 1. The number of hydrogen-bond donors (Lipinski definition) is 1. The van der Waals surface area contributed by atoms with Crippen LogP contribution >= 0.6 is 27.7 Å². The Labute approximate surface area is 114 Å². The van der Waals surface area contributed by atoms with E-state index in [4.69, 9.17) is 5.73 Å². The van der Waals surface area contributed by atoms with Crippen LogP contribution in [-0.4, -0.2) is 15.5 Å². The number of nitrogen functional groups attached to an aromatic ring is 1. The van der Waals surface area contributed by atoms with E-state index in [1.165, 1.54) is 5.56 Å². The predicted octanol–water partition coefficient (Wildman–Crippen LogP) is 3.39. The molecule has 0 fully saturated rings. The second-order valence-corrected chi connectivity index (χ2v) is 5.82. The van der Waals surface area contributed by atoms with Crippen LogP contribution in [0.1, 0.15) is 12.5 Å². The Balaban J connectivity index is 2.15. The van der Waals surface area contributed by atoms with E-state index in [2.05, 4.69) is 40.1 Å². The first-order valence-electron chi connectivity index (χ1n) is 5.39. The average Bonchev–Trinajstić information content (AvgIpc) is 2.63. The van der Waals surface area contributed by atoms with Gasteiger partial charge in [-0.3, -0.25) is 0 Å². The van der Waals surface area contributed by atoms with Crippen molar-refractivity contribution in [1.82, 2.24) is 9.78 Å². The fourth-order valence-corrected chi connectivity index (χ4v) is 2.43. The number of aromatic nitrogens is 2. The minimum atomic E-state index is 0.712. The average molecular weight is 312 g/mol. The summed E-state index contributed by atoms with van der Waals surface area (Å²) < 4.78 is 2.92. The molecule has 0 atom stereocenters. The van der Waals surface area contributed by atoms with Crippen LogP contribution in [0.4, 0.5) is 5.82 Å². The van der Waals surface area contributed by atoms with Crippen molar-refractivity contribution in [2.45, 2.75) is 18.5 Å². The van der Waals surface area contributed by atoms with Gasteiger partial charge in [-0.2, -0.15) is 5.10 Å². The number of rotatable bonds is 4. The Morgan fingerprint density at radius 1 is 1.35 bits per heavy atom. The molecule has 0 unspecified atom stereocenters. The molecule has 3 nitrogen and oxygen atoms in total. The van der Waals surface area contributed by atoms with Gasteiger partial charge in [-0.15, -0.1) is 11.8 Å². The summed E-state index contributed by atoms with van der Waals surface area (Å²) in [5.41, 5.74) is 7.12. The quantitative estimate of drug-likeness (QED) is 0.880. The van der Waals surface area contributed by atoms with Gasteiger partial charge >= 0.3 is 0 Å². The molecule has 1 aromatic carbocycles. The van der Waals surface area contributed by atoms with Crippen LogP contribution in [0.2, 0.25) is 0 Å². The maximum atomic E-state index is 5.93. The lowest BCUT2D eigenvalue weighted by molar-refractivity contribution is 0.675. The molecule has 2 aromatic rings. The summed E-state index contributed by atoms with van der Waals surface area (Å²) in [7, 11) is 0. The first kappa shape index (κ1) is 12.5. The molecule has 5 heteroatoms. The van der Waals surface area contributed by atoms with E-state index in [9.17, 15) is 0 Å². The van der Waals surface area contributed by atoms with Gasteiger partial charge in [0.05, 0.1) is 6.54 Å². The molecule has 90 valence electrons. The van der Waals surface area contributed by atoms with Crippen LogP contribution in [0.25, 0.3) is 0 Å². The third-order valence-electron chi connectivity index (χ3n) is 2.33. The van der Waals surface area contributed by atoms with Gasteiger partial charge in [0.1, 0.15) is 10.8 Å². The van der Waals surface area contributed by atoms with Crippen LogP contribution < -0.4 is 5.73 Å². The maximum absolute atomic E-state index is 5.93. The summed E-state index contributed by atoms with van der Waals surface area (Å²) in [6, 6.07) is 10.1. The van der Waals surface area contributed by atoms with E-state index >= 15 is 0 Å². The Bertz CT molecular complexity index is 493. The zero-order valence-corrected chi connectivity index (χ0v) is 12.0. The van der Waals surface area contributed by atoms with Crippen molar-refractivity contribution in [3.05, 3.63) is 40.4 Å². The lowest BCUT2D eigenvalue weighted by Gasteiger charge is -2.04. The summed E-state index contributed by atoms with van der Waals surface area (Å²) in [5, 5.41) is 5.45. The number of nitrogens with zero attached hydrogens (tertiary/aromatic N) is 2. The molecule has 2 N–H and O–H groups in total. The molecule has 0 aliphatic heterocycles. The van der Waals surface area contributed by atoms with E-state index in [-0.39, 0.29) is 0 Å².